The third-order valence-corrected chi connectivity index (χ3v) is 4.94. The Balaban J connectivity index is 1.76. The molecule has 1 aliphatic heterocycles. The van der Waals surface area contributed by atoms with Crippen LogP contribution in [0.4, 0.5) is 17.1 Å². The molecule has 0 unspecified atom stereocenters. The first-order valence-electron chi connectivity index (χ1n) is 9.47. The van der Waals surface area contributed by atoms with Gasteiger partial charge < -0.3 is 20.3 Å². The van der Waals surface area contributed by atoms with Gasteiger partial charge in [0.1, 0.15) is 11.5 Å². The van der Waals surface area contributed by atoms with E-state index in [0.717, 1.165) is 18.8 Å². The summed E-state index contributed by atoms with van der Waals surface area (Å²) in [6, 6.07) is 16.2. The third-order valence-electron chi connectivity index (χ3n) is 4.94. The van der Waals surface area contributed by atoms with Gasteiger partial charge in [-0.3, -0.25) is 9.59 Å². The summed E-state index contributed by atoms with van der Waals surface area (Å²) >= 11 is 0. The highest BCUT2D eigenvalue weighted by molar-refractivity contribution is 6.14. The van der Waals surface area contributed by atoms with Crippen LogP contribution in [0, 0.1) is 16.7 Å². The molecule has 7 heteroatoms. The highest BCUT2D eigenvalue weighted by Gasteiger charge is 2.37. The van der Waals surface area contributed by atoms with Crippen LogP contribution in [-0.2, 0) is 14.3 Å². The number of benzene rings is 2. The summed E-state index contributed by atoms with van der Waals surface area (Å²) in [6.07, 6.45) is 0. The minimum atomic E-state index is -1.35. The molecule has 2 aromatic rings. The summed E-state index contributed by atoms with van der Waals surface area (Å²) in [7, 11) is 0. The standard InChI is InChI=1S/C22H24N4O3/c1-22(2,20(27)24-17-8-4-3-7-16(17)15-23)21(28)25-18-9-5-6-10-19(18)26-11-13-29-14-12-26/h3-10H,11-14H2,1-2H3,(H,24,27)(H,25,28). The number of carbonyl (C=O) groups is 2. The van der Waals surface area contributed by atoms with E-state index in [1.54, 1.807) is 38.1 Å². The van der Waals surface area contributed by atoms with Crippen LogP contribution >= 0.6 is 0 Å². The number of morpholine rings is 1. The highest BCUT2D eigenvalue weighted by Crippen LogP contribution is 2.29. The van der Waals surface area contributed by atoms with Gasteiger partial charge in [0.25, 0.3) is 0 Å². The number of carbonyl (C=O) groups excluding carboxylic acids is 2. The van der Waals surface area contributed by atoms with E-state index >= 15 is 0 Å². The zero-order valence-electron chi connectivity index (χ0n) is 16.6. The molecule has 1 heterocycles. The van der Waals surface area contributed by atoms with E-state index in [0.29, 0.717) is 30.2 Å². The lowest BCUT2D eigenvalue weighted by Crippen LogP contribution is -2.42. The first-order valence-corrected chi connectivity index (χ1v) is 9.47. The van der Waals surface area contributed by atoms with Gasteiger partial charge in [-0.15, -0.1) is 0 Å². The number of nitriles is 1. The van der Waals surface area contributed by atoms with Crippen molar-refractivity contribution in [3.05, 3.63) is 54.1 Å². The van der Waals surface area contributed by atoms with Crippen LogP contribution in [0.25, 0.3) is 0 Å². The molecule has 1 aliphatic rings. The van der Waals surface area contributed by atoms with Crippen molar-refractivity contribution in [2.45, 2.75) is 13.8 Å². The predicted octanol–water partition coefficient (Wildman–Crippen LogP) is 3.00. The fourth-order valence-electron chi connectivity index (χ4n) is 3.01. The molecule has 1 saturated heterocycles. The molecule has 7 nitrogen and oxygen atoms in total. The van der Waals surface area contributed by atoms with Crippen molar-refractivity contribution in [1.29, 1.82) is 5.26 Å². The summed E-state index contributed by atoms with van der Waals surface area (Å²) in [4.78, 5) is 27.9. The molecule has 0 saturated carbocycles. The Bertz CT molecular complexity index is 943. The monoisotopic (exact) mass is 392 g/mol. The highest BCUT2D eigenvalue weighted by atomic mass is 16.5. The summed E-state index contributed by atoms with van der Waals surface area (Å²) in [6.45, 7) is 5.86. The maximum Gasteiger partial charge on any atom is 0.239 e. The average Bonchev–Trinajstić information content (AvgIpc) is 2.75. The number of para-hydroxylation sites is 3. The number of rotatable bonds is 5. The lowest BCUT2D eigenvalue weighted by Gasteiger charge is -2.31. The second-order valence-electron chi connectivity index (χ2n) is 7.31. The van der Waals surface area contributed by atoms with Crippen LogP contribution < -0.4 is 15.5 Å². The molecule has 0 atom stereocenters. The lowest BCUT2D eigenvalue weighted by molar-refractivity contribution is -0.135. The van der Waals surface area contributed by atoms with Crippen LogP contribution in [0.1, 0.15) is 19.4 Å². The van der Waals surface area contributed by atoms with Crippen LogP contribution in [0.15, 0.2) is 48.5 Å². The molecular formula is C22H24N4O3. The molecule has 0 aromatic heterocycles. The summed E-state index contributed by atoms with van der Waals surface area (Å²) in [5, 5.41) is 14.8. The Morgan fingerprint density at radius 3 is 2.17 bits per heavy atom. The van der Waals surface area contributed by atoms with Gasteiger partial charge in [-0.2, -0.15) is 5.26 Å². The van der Waals surface area contributed by atoms with Crippen molar-refractivity contribution in [1.82, 2.24) is 0 Å². The van der Waals surface area contributed by atoms with Crippen LogP contribution in [0.2, 0.25) is 0 Å². The molecule has 2 N–H and O–H groups in total. The fraction of sp³-hybridized carbons (Fsp3) is 0.318. The van der Waals surface area contributed by atoms with Crippen molar-refractivity contribution in [2.75, 3.05) is 41.8 Å². The van der Waals surface area contributed by atoms with E-state index in [9.17, 15) is 14.9 Å². The molecule has 2 amide bonds. The Morgan fingerprint density at radius 1 is 0.966 bits per heavy atom. The van der Waals surface area contributed by atoms with Gasteiger partial charge in [0.05, 0.1) is 35.8 Å². The van der Waals surface area contributed by atoms with Crippen molar-refractivity contribution >= 4 is 28.9 Å². The van der Waals surface area contributed by atoms with Crippen LogP contribution in [0.3, 0.4) is 0 Å². The first-order chi connectivity index (χ1) is 13.9. The van der Waals surface area contributed by atoms with Crippen LogP contribution in [-0.4, -0.2) is 38.1 Å². The molecule has 2 aromatic carbocycles. The van der Waals surface area contributed by atoms with E-state index in [1.807, 2.05) is 30.3 Å². The molecule has 29 heavy (non-hydrogen) atoms. The topological polar surface area (TPSA) is 94.5 Å². The van der Waals surface area contributed by atoms with Gasteiger partial charge in [-0.25, -0.2) is 0 Å². The number of amides is 2. The molecule has 0 bridgehead atoms. The number of hydrogen-bond donors (Lipinski definition) is 2. The van der Waals surface area contributed by atoms with E-state index < -0.39 is 17.2 Å². The SMILES string of the molecule is CC(C)(C(=O)Nc1ccccc1C#N)C(=O)Nc1ccccc1N1CCOCC1. The smallest absolute Gasteiger partial charge is 0.239 e. The quantitative estimate of drug-likeness (QED) is 0.763. The van der Waals surface area contributed by atoms with E-state index in [-0.39, 0.29) is 0 Å². The Kier molecular flexibility index (Phi) is 6.15. The summed E-state index contributed by atoms with van der Waals surface area (Å²) in [5.41, 5.74) is 0.929. The van der Waals surface area contributed by atoms with Gasteiger partial charge >= 0.3 is 0 Å². The molecule has 0 spiro atoms. The molecule has 3 rings (SSSR count). The largest absolute Gasteiger partial charge is 0.378 e. The normalized spacial score (nSPS) is 14.0. The third kappa shape index (κ3) is 4.55. The summed E-state index contributed by atoms with van der Waals surface area (Å²) in [5.74, 6) is -0.910. The first kappa shape index (κ1) is 20.4. The number of nitrogens with zero attached hydrogens (tertiary/aromatic N) is 2. The Labute approximate surface area is 170 Å². The second kappa shape index (κ2) is 8.76. The zero-order chi connectivity index (χ0) is 20.9. The fourth-order valence-corrected chi connectivity index (χ4v) is 3.01. The van der Waals surface area contributed by atoms with Gasteiger partial charge in [0.2, 0.25) is 11.8 Å². The minimum Gasteiger partial charge on any atom is -0.378 e. The van der Waals surface area contributed by atoms with E-state index in [2.05, 4.69) is 15.5 Å². The number of ether oxygens (including phenoxy) is 1. The predicted molar refractivity (Wildman–Crippen MR) is 112 cm³/mol. The zero-order valence-corrected chi connectivity index (χ0v) is 16.6. The number of anilines is 3. The summed E-state index contributed by atoms with van der Waals surface area (Å²) < 4.78 is 5.40. The second-order valence-corrected chi connectivity index (χ2v) is 7.31. The maximum absolute atomic E-state index is 13.0. The maximum atomic E-state index is 13.0. The molecule has 1 fully saturated rings. The molecule has 0 aliphatic carbocycles. The average molecular weight is 392 g/mol. The molecule has 0 radical (unpaired) electrons. The van der Waals surface area contributed by atoms with Gasteiger partial charge in [0.15, 0.2) is 0 Å². The van der Waals surface area contributed by atoms with Crippen molar-refractivity contribution in [3.63, 3.8) is 0 Å². The van der Waals surface area contributed by atoms with E-state index in [1.165, 1.54) is 0 Å². The Hall–Kier alpha value is -3.37. The molecule has 150 valence electrons. The number of hydrogen-bond acceptors (Lipinski definition) is 5. The van der Waals surface area contributed by atoms with Gasteiger partial charge in [-0.1, -0.05) is 24.3 Å². The Morgan fingerprint density at radius 2 is 1.52 bits per heavy atom. The van der Waals surface area contributed by atoms with E-state index in [4.69, 9.17) is 4.74 Å². The van der Waals surface area contributed by atoms with Crippen LogP contribution in [0.5, 0.6) is 0 Å². The van der Waals surface area contributed by atoms with Crippen molar-refractivity contribution in [2.24, 2.45) is 5.41 Å². The van der Waals surface area contributed by atoms with Gasteiger partial charge in [-0.05, 0) is 38.1 Å². The van der Waals surface area contributed by atoms with Gasteiger partial charge in [0, 0.05) is 13.1 Å². The minimum absolute atomic E-state index is 0.342. The van der Waals surface area contributed by atoms with Crippen molar-refractivity contribution in [3.8, 4) is 6.07 Å². The van der Waals surface area contributed by atoms with Crippen molar-refractivity contribution < 1.29 is 14.3 Å². The number of nitrogens with one attached hydrogen (secondary N) is 2. The molecular weight excluding hydrogens is 368 g/mol. The lowest BCUT2D eigenvalue weighted by atomic mass is 9.90.